The van der Waals surface area contributed by atoms with Crippen LogP contribution in [0.15, 0.2) is 41.6 Å². The van der Waals surface area contributed by atoms with Gasteiger partial charge in [0, 0.05) is 23.7 Å². The van der Waals surface area contributed by atoms with Crippen LogP contribution in [0.1, 0.15) is 26.2 Å². The lowest BCUT2D eigenvalue weighted by Crippen LogP contribution is -2.36. The number of anilines is 1. The van der Waals surface area contributed by atoms with Crippen molar-refractivity contribution < 1.29 is 9.59 Å². The monoisotopic (exact) mass is 346 g/mol. The van der Waals surface area contributed by atoms with Crippen LogP contribution >= 0.6 is 12.6 Å². The van der Waals surface area contributed by atoms with Crippen LogP contribution in [-0.2, 0) is 4.79 Å². The quantitative estimate of drug-likeness (QED) is 0.331. The van der Waals surface area contributed by atoms with Gasteiger partial charge in [-0.25, -0.2) is 4.79 Å². The number of thiol groups is 1. The van der Waals surface area contributed by atoms with Crippen LogP contribution in [0.5, 0.6) is 0 Å². The minimum atomic E-state index is -0.719. The van der Waals surface area contributed by atoms with Crippen molar-refractivity contribution in [3.63, 3.8) is 0 Å². The first kappa shape index (κ1) is 19.6. The lowest BCUT2D eigenvalue weighted by atomic mass is 10.1. The molecule has 0 aliphatic heterocycles. The summed E-state index contributed by atoms with van der Waals surface area (Å²) >= 11 is 4.11. The van der Waals surface area contributed by atoms with Crippen LogP contribution in [-0.4, -0.2) is 24.2 Å². The highest BCUT2D eigenvalue weighted by Gasteiger charge is 2.17. The second-order valence-corrected chi connectivity index (χ2v) is 5.44. The minimum Gasteiger partial charge on any atom is -0.386 e. The molecule has 0 aromatic heterocycles. The molecule has 1 rings (SSSR count). The summed E-state index contributed by atoms with van der Waals surface area (Å²) in [4.78, 5) is 24.1. The summed E-state index contributed by atoms with van der Waals surface area (Å²) in [5, 5.41) is 17.1. The number of allylic oxidation sites excluding steroid dienone is 1. The number of benzene rings is 1. The van der Waals surface area contributed by atoms with Crippen molar-refractivity contribution in [1.82, 2.24) is 10.6 Å². The number of urea groups is 1. The highest BCUT2D eigenvalue weighted by atomic mass is 32.1. The molecule has 0 aliphatic rings. The molecule has 7 heteroatoms. The molecule has 3 N–H and O–H groups in total. The number of amides is 3. The van der Waals surface area contributed by atoms with E-state index in [1.165, 1.54) is 0 Å². The Morgan fingerprint density at radius 3 is 2.54 bits per heavy atom. The fourth-order valence-electron chi connectivity index (χ4n) is 1.97. The van der Waals surface area contributed by atoms with E-state index in [-0.39, 0.29) is 5.57 Å². The molecular formula is C17H22N4O2S. The molecule has 6 nitrogen and oxygen atoms in total. The predicted octanol–water partition coefficient (Wildman–Crippen LogP) is 2.82. The molecule has 0 atom stereocenters. The zero-order chi connectivity index (χ0) is 17.8. The normalized spacial score (nSPS) is 11.0. The summed E-state index contributed by atoms with van der Waals surface area (Å²) in [6, 6.07) is 9.96. The molecule has 0 unspecified atom stereocenters. The number of imide groups is 1. The van der Waals surface area contributed by atoms with E-state index in [2.05, 4.69) is 28.6 Å². The second kappa shape index (κ2) is 11.1. The first-order valence-electron chi connectivity index (χ1n) is 7.77. The molecule has 0 spiro atoms. The van der Waals surface area contributed by atoms with Gasteiger partial charge in [0.2, 0.25) is 0 Å². The SMILES string of the molecule is CCCC/C(NCCS)=C(\C#N)C(=O)NC(=O)Nc1ccccc1. The molecule has 3 amide bonds. The Balaban J connectivity index is 2.80. The van der Waals surface area contributed by atoms with Crippen LogP contribution in [0.4, 0.5) is 10.5 Å². The van der Waals surface area contributed by atoms with E-state index in [9.17, 15) is 14.9 Å². The lowest BCUT2D eigenvalue weighted by molar-refractivity contribution is -0.116. The van der Waals surface area contributed by atoms with E-state index in [0.717, 1.165) is 12.8 Å². The van der Waals surface area contributed by atoms with Crippen molar-refractivity contribution >= 4 is 30.3 Å². The predicted molar refractivity (Wildman–Crippen MR) is 97.6 cm³/mol. The number of nitriles is 1. The number of rotatable bonds is 8. The van der Waals surface area contributed by atoms with E-state index in [0.29, 0.717) is 30.1 Å². The maximum atomic E-state index is 12.2. The highest BCUT2D eigenvalue weighted by molar-refractivity contribution is 7.80. The fourth-order valence-corrected chi connectivity index (χ4v) is 2.08. The number of carbonyl (C=O) groups excluding carboxylic acids is 2. The van der Waals surface area contributed by atoms with Gasteiger partial charge in [-0.05, 0) is 25.0 Å². The minimum absolute atomic E-state index is 0.0755. The molecule has 1 aromatic rings. The topological polar surface area (TPSA) is 94.0 Å². The Hall–Kier alpha value is -2.46. The summed E-state index contributed by atoms with van der Waals surface area (Å²) in [5.41, 5.74) is 1.02. The lowest BCUT2D eigenvalue weighted by Gasteiger charge is -2.12. The summed E-state index contributed by atoms with van der Waals surface area (Å²) in [7, 11) is 0. The van der Waals surface area contributed by atoms with Crippen molar-refractivity contribution in [3.8, 4) is 6.07 Å². The van der Waals surface area contributed by atoms with Gasteiger partial charge in [-0.15, -0.1) is 0 Å². The number of hydrogen-bond donors (Lipinski definition) is 4. The Kier molecular flexibility index (Phi) is 9.09. The average molecular weight is 346 g/mol. The van der Waals surface area contributed by atoms with Crippen LogP contribution in [0.3, 0.4) is 0 Å². The standard InChI is InChI=1S/C17H22N4O2S/c1-2-3-9-15(19-10-11-24)14(12-18)16(22)21-17(23)20-13-7-5-4-6-8-13/h4-8,19,24H,2-3,9-11H2,1H3,(H2,20,21,22,23)/b15-14-. The Morgan fingerprint density at radius 2 is 1.96 bits per heavy atom. The van der Waals surface area contributed by atoms with Crippen molar-refractivity contribution in [2.75, 3.05) is 17.6 Å². The molecule has 0 saturated heterocycles. The zero-order valence-electron chi connectivity index (χ0n) is 13.6. The van der Waals surface area contributed by atoms with Gasteiger partial charge < -0.3 is 10.6 Å². The molecule has 0 saturated carbocycles. The molecule has 128 valence electrons. The summed E-state index contributed by atoms with van der Waals surface area (Å²) in [5.74, 6) is -0.145. The summed E-state index contributed by atoms with van der Waals surface area (Å²) < 4.78 is 0. The van der Waals surface area contributed by atoms with E-state index in [4.69, 9.17) is 0 Å². The number of nitrogens with one attached hydrogen (secondary N) is 3. The van der Waals surface area contributed by atoms with Gasteiger partial charge in [0.15, 0.2) is 0 Å². The number of nitrogens with zero attached hydrogens (tertiary/aromatic N) is 1. The number of hydrogen-bond acceptors (Lipinski definition) is 5. The van der Waals surface area contributed by atoms with Gasteiger partial charge in [-0.1, -0.05) is 31.5 Å². The first-order valence-corrected chi connectivity index (χ1v) is 8.41. The zero-order valence-corrected chi connectivity index (χ0v) is 14.5. The third kappa shape index (κ3) is 6.75. The molecule has 1 aromatic carbocycles. The smallest absolute Gasteiger partial charge is 0.326 e. The Morgan fingerprint density at radius 1 is 1.25 bits per heavy atom. The van der Waals surface area contributed by atoms with Crippen molar-refractivity contribution in [3.05, 3.63) is 41.6 Å². The molecule has 0 heterocycles. The molecular weight excluding hydrogens is 324 g/mol. The van der Waals surface area contributed by atoms with Gasteiger partial charge in [0.25, 0.3) is 5.91 Å². The number of carbonyl (C=O) groups is 2. The third-order valence-electron chi connectivity index (χ3n) is 3.13. The van der Waals surface area contributed by atoms with Crippen LogP contribution in [0.25, 0.3) is 0 Å². The Labute approximate surface area is 147 Å². The third-order valence-corrected chi connectivity index (χ3v) is 3.35. The number of unbranched alkanes of at least 4 members (excludes halogenated alkanes) is 1. The average Bonchev–Trinajstić information content (AvgIpc) is 2.58. The van der Waals surface area contributed by atoms with Crippen molar-refractivity contribution in [2.24, 2.45) is 0 Å². The van der Waals surface area contributed by atoms with Gasteiger partial charge in [0.1, 0.15) is 11.6 Å². The fraction of sp³-hybridized carbons (Fsp3) is 0.353. The van der Waals surface area contributed by atoms with Crippen molar-refractivity contribution in [2.45, 2.75) is 26.2 Å². The largest absolute Gasteiger partial charge is 0.386 e. The molecule has 0 bridgehead atoms. The van der Waals surface area contributed by atoms with Crippen LogP contribution < -0.4 is 16.0 Å². The molecule has 0 fully saturated rings. The van der Waals surface area contributed by atoms with Gasteiger partial charge >= 0.3 is 6.03 Å². The Bertz CT molecular complexity index is 613. The summed E-state index contributed by atoms with van der Waals surface area (Å²) in [6.07, 6.45) is 2.34. The first-order chi connectivity index (χ1) is 11.6. The van der Waals surface area contributed by atoms with Gasteiger partial charge in [-0.3, -0.25) is 10.1 Å². The molecule has 0 radical (unpaired) electrons. The summed E-state index contributed by atoms with van der Waals surface area (Å²) in [6.45, 7) is 2.56. The van der Waals surface area contributed by atoms with Crippen LogP contribution in [0.2, 0.25) is 0 Å². The van der Waals surface area contributed by atoms with Crippen molar-refractivity contribution in [1.29, 1.82) is 5.26 Å². The van der Waals surface area contributed by atoms with Crippen LogP contribution in [0, 0.1) is 11.3 Å². The second-order valence-electron chi connectivity index (χ2n) is 4.99. The highest BCUT2D eigenvalue weighted by Crippen LogP contribution is 2.11. The van der Waals surface area contributed by atoms with E-state index in [1.54, 1.807) is 24.3 Å². The maximum Gasteiger partial charge on any atom is 0.326 e. The van der Waals surface area contributed by atoms with E-state index in [1.807, 2.05) is 19.1 Å². The molecule has 24 heavy (non-hydrogen) atoms. The van der Waals surface area contributed by atoms with Gasteiger partial charge in [0.05, 0.1) is 0 Å². The molecule has 0 aliphatic carbocycles. The number of para-hydroxylation sites is 1. The van der Waals surface area contributed by atoms with E-state index < -0.39 is 11.9 Å². The van der Waals surface area contributed by atoms with E-state index >= 15 is 0 Å². The maximum absolute atomic E-state index is 12.2. The van der Waals surface area contributed by atoms with Gasteiger partial charge in [-0.2, -0.15) is 17.9 Å².